The van der Waals surface area contributed by atoms with Gasteiger partial charge in [-0.25, -0.2) is 0 Å². The van der Waals surface area contributed by atoms with Gasteiger partial charge in [-0.2, -0.15) is 0 Å². The van der Waals surface area contributed by atoms with Crippen molar-refractivity contribution in [3.05, 3.63) is 83.0 Å². The summed E-state index contributed by atoms with van der Waals surface area (Å²) < 4.78 is 0. The van der Waals surface area contributed by atoms with Crippen molar-refractivity contribution in [2.45, 2.75) is 63.2 Å². The Morgan fingerprint density at radius 2 is 1.28 bits per heavy atom. The highest BCUT2D eigenvalue weighted by atomic mass is 35.5. The fourth-order valence-corrected chi connectivity index (χ4v) is 4.63. The topological polar surface area (TPSA) is 0 Å². The molecule has 25 heavy (non-hydrogen) atoms. The maximum absolute atomic E-state index is 6.84. The van der Waals surface area contributed by atoms with Crippen molar-refractivity contribution in [3.63, 3.8) is 0 Å². The van der Waals surface area contributed by atoms with Crippen LogP contribution in [-0.4, -0.2) is 0 Å². The average Bonchev–Trinajstić information content (AvgIpc) is 3.29. The summed E-state index contributed by atoms with van der Waals surface area (Å²) in [6.07, 6.45) is 25.3. The molecule has 0 fully saturated rings. The number of hydrogen-bond acceptors (Lipinski definition) is 0. The van der Waals surface area contributed by atoms with Crippen LogP contribution in [0, 0.1) is 0 Å². The monoisotopic (exact) mass is 352 g/mol. The second kappa shape index (κ2) is 7.79. The number of unbranched alkanes of at least 4 members (excludes halogenated alkanes) is 2. The molecule has 0 aromatic heterocycles. The molecule has 0 heterocycles. The van der Waals surface area contributed by atoms with Gasteiger partial charge in [-0.05, 0) is 30.0 Å². The first kappa shape index (κ1) is 18.3. The predicted molar refractivity (Wildman–Crippen MR) is 110 cm³/mol. The van der Waals surface area contributed by atoms with Gasteiger partial charge in [0.1, 0.15) is 0 Å². The number of halogens is 1. The summed E-state index contributed by atoms with van der Waals surface area (Å²) in [6, 6.07) is 6.47. The Labute approximate surface area is 158 Å². The summed E-state index contributed by atoms with van der Waals surface area (Å²) in [7, 11) is 0. The van der Waals surface area contributed by atoms with E-state index in [-0.39, 0.29) is 10.8 Å². The number of benzene rings is 1. The van der Waals surface area contributed by atoms with Crippen LogP contribution in [0.2, 0.25) is 5.02 Å². The molecule has 0 bridgehead atoms. The fourth-order valence-electron chi connectivity index (χ4n) is 4.28. The summed E-state index contributed by atoms with van der Waals surface area (Å²) in [5, 5.41) is 0.898. The third kappa shape index (κ3) is 3.42. The Balaban J connectivity index is 2.15. The van der Waals surface area contributed by atoms with Gasteiger partial charge in [0, 0.05) is 15.9 Å². The quantitative estimate of drug-likeness (QED) is 0.455. The maximum Gasteiger partial charge on any atom is 0.0453 e. The zero-order valence-corrected chi connectivity index (χ0v) is 16.2. The van der Waals surface area contributed by atoms with E-state index in [9.17, 15) is 0 Å². The number of hydrogen-bond donors (Lipinski definition) is 0. The molecule has 0 N–H and O–H groups in total. The van der Waals surface area contributed by atoms with Crippen LogP contribution in [0.5, 0.6) is 0 Å². The van der Waals surface area contributed by atoms with Crippen LogP contribution in [0.15, 0.2) is 66.8 Å². The van der Waals surface area contributed by atoms with Gasteiger partial charge in [-0.15, -0.1) is 0 Å². The molecule has 1 aromatic rings. The molecule has 0 amide bonds. The number of allylic oxidation sites excluding steroid dienone is 8. The maximum atomic E-state index is 6.84. The molecular formula is C24H29Cl. The smallest absolute Gasteiger partial charge is 0.0453 e. The van der Waals surface area contributed by atoms with Crippen molar-refractivity contribution in [1.29, 1.82) is 0 Å². The predicted octanol–water partition coefficient (Wildman–Crippen LogP) is 7.45. The minimum Gasteiger partial charge on any atom is -0.0840 e. The van der Waals surface area contributed by atoms with Crippen LogP contribution >= 0.6 is 11.6 Å². The van der Waals surface area contributed by atoms with E-state index in [1.807, 2.05) is 0 Å². The minimum atomic E-state index is -0.0623. The molecule has 0 saturated carbocycles. The highest BCUT2D eigenvalue weighted by Gasteiger charge is 2.38. The lowest BCUT2D eigenvalue weighted by Crippen LogP contribution is -2.29. The molecule has 2 aliphatic rings. The zero-order chi connectivity index (χ0) is 17.8. The van der Waals surface area contributed by atoms with E-state index in [4.69, 9.17) is 11.6 Å². The van der Waals surface area contributed by atoms with E-state index in [0.717, 1.165) is 17.9 Å². The molecule has 2 aliphatic carbocycles. The van der Waals surface area contributed by atoms with Gasteiger partial charge in [0.2, 0.25) is 0 Å². The molecule has 132 valence electrons. The van der Waals surface area contributed by atoms with Crippen LogP contribution in [0.3, 0.4) is 0 Å². The highest BCUT2D eigenvalue weighted by Crippen LogP contribution is 2.48. The fraction of sp³-hybridized carbons (Fsp3) is 0.417. The first-order chi connectivity index (χ1) is 12.2. The van der Waals surface area contributed by atoms with Gasteiger partial charge < -0.3 is 0 Å². The summed E-state index contributed by atoms with van der Waals surface area (Å²) in [5.74, 6) is 0. The molecule has 0 spiro atoms. The van der Waals surface area contributed by atoms with Crippen molar-refractivity contribution >= 4 is 11.6 Å². The molecular weight excluding hydrogens is 324 g/mol. The first-order valence-corrected chi connectivity index (χ1v) is 10.1. The Kier molecular flexibility index (Phi) is 5.69. The lowest BCUT2D eigenvalue weighted by molar-refractivity contribution is 0.526. The van der Waals surface area contributed by atoms with Gasteiger partial charge >= 0.3 is 0 Å². The van der Waals surface area contributed by atoms with E-state index >= 15 is 0 Å². The molecule has 0 nitrogen and oxygen atoms in total. The second-order valence-electron chi connectivity index (χ2n) is 7.39. The first-order valence-electron chi connectivity index (χ1n) is 9.71. The lowest BCUT2D eigenvalue weighted by Gasteiger charge is -2.36. The van der Waals surface area contributed by atoms with Gasteiger partial charge in [0.25, 0.3) is 0 Å². The molecule has 0 unspecified atom stereocenters. The van der Waals surface area contributed by atoms with Crippen molar-refractivity contribution < 1.29 is 0 Å². The van der Waals surface area contributed by atoms with Gasteiger partial charge in [-0.1, -0.05) is 112 Å². The van der Waals surface area contributed by atoms with E-state index < -0.39 is 0 Å². The van der Waals surface area contributed by atoms with Crippen molar-refractivity contribution in [1.82, 2.24) is 0 Å². The zero-order valence-electron chi connectivity index (χ0n) is 15.5. The minimum absolute atomic E-state index is 0.0142. The van der Waals surface area contributed by atoms with Crippen molar-refractivity contribution in [2.75, 3.05) is 0 Å². The summed E-state index contributed by atoms with van der Waals surface area (Å²) in [5.41, 5.74) is 2.61. The van der Waals surface area contributed by atoms with Crippen LogP contribution in [-0.2, 0) is 10.8 Å². The molecule has 1 aromatic carbocycles. The van der Waals surface area contributed by atoms with Crippen molar-refractivity contribution in [3.8, 4) is 0 Å². The van der Waals surface area contributed by atoms with Crippen LogP contribution in [0.4, 0.5) is 0 Å². The van der Waals surface area contributed by atoms with E-state index in [1.54, 1.807) is 0 Å². The highest BCUT2D eigenvalue weighted by molar-refractivity contribution is 6.31. The molecule has 3 rings (SSSR count). The second-order valence-corrected chi connectivity index (χ2v) is 7.79. The number of rotatable bonds is 8. The van der Waals surface area contributed by atoms with Crippen LogP contribution in [0.25, 0.3) is 0 Å². The van der Waals surface area contributed by atoms with E-state index in [1.165, 1.54) is 36.8 Å². The lowest BCUT2D eigenvalue weighted by atomic mass is 9.68. The summed E-state index contributed by atoms with van der Waals surface area (Å²) in [6.45, 7) is 4.52. The molecule has 0 saturated heterocycles. The molecule has 1 heteroatoms. The average molecular weight is 353 g/mol. The Morgan fingerprint density at radius 1 is 0.760 bits per heavy atom. The van der Waals surface area contributed by atoms with Crippen LogP contribution in [0.1, 0.15) is 63.5 Å². The SMILES string of the molecule is CCCCC1(c2cccc(Cl)c2C2(CCCC)C=CC=C2)C=CC=C1. The Bertz CT molecular complexity index is 694. The van der Waals surface area contributed by atoms with Crippen molar-refractivity contribution in [2.24, 2.45) is 0 Å². The standard InChI is InChI=1S/C24H29Cl/c1-3-5-14-23(16-7-8-17-23)20-12-11-13-21(25)22(20)24(15-6-4-2)18-9-10-19-24/h7-13,16-19H,3-6,14-15H2,1-2H3. The van der Waals surface area contributed by atoms with E-state index in [2.05, 4.69) is 80.7 Å². The third-order valence-electron chi connectivity index (χ3n) is 5.67. The normalized spacial score (nSPS) is 19.2. The Hall–Kier alpha value is -1.53. The third-order valence-corrected chi connectivity index (χ3v) is 5.98. The summed E-state index contributed by atoms with van der Waals surface area (Å²) >= 11 is 6.84. The summed E-state index contributed by atoms with van der Waals surface area (Å²) in [4.78, 5) is 0. The molecule has 0 radical (unpaired) electrons. The van der Waals surface area contributed by atoms with Crippen LogP contribution < -0.4 is 0 Å². The van der Waals surface area contributed by atoms with Gasteiger partial charge in [-0.3, -0.25) is 0 Å². The van der Waals surface area contributed by atoms with E-state index in [0.29, 0.717) is 0 Å². The largest absolute Gasteiger partial charge is 0.0840 e. The Morgan fingerprint density at radius 3 is 1.84 bits per heavy atom. The molecule has 0 aliphatic heterocycles. The van der Waals surface area contributed by atoms with Gasteiger partial charge in [0.15, 0.2) is 0 Å². The molecule has 0 atom stereocenters. The van der Waals surface area contributed by atoms with Gasteiger partial charge in [0.05, 0.1) is 0 Å².